The molecule has 0 spiro atoms. The first kappa shape index (κ1) is 17.2. The third-order valence-electron chi connectivity index (χ3n) is 4.05. The number of hydrogen-bond acceptors (Lipinski definition) is 3. The average molecular weight is 370 g/mol. The van der Waals surface area contributed by atoms with Crippen LogP contribution < -0.4 is 5.73 Å². The second kappa shape index (κ2) is 6.69. The summed E-state index contributed by atoms with van der Waals surface area (Å²) >= 11 is 12.3. The zero-order chi connectivity index (χ0) is 17.4. The van der Waals surface area contributed by atoms with Crippen molar-refractivity contribution in [2.75, 3.05) is 0 Å². The molecule has 24 heavy (non-hydrogen) atoms. The van der Waals surface area contributed by atoms with Crippen molar-refractivity contribution in [2.45, 2.75) is 25.7 Å². The molecule has 1 aliphatic rings. The van der Waals surface area contributed by atoms with E-state index >= 15 is 0 Å². The minimum Gasteiger partial charge on any atom is -0.480 e. The average Bonchev–Trinajstić information content (AvgIpc) is 2.98. The van der Waals surface area contributed by atoms with Crippen molar-refractivity contribution >= 4 is 29.2 Å². The van der Waals surface area contributed by atoms with Crippen molar-refractivity contribution in [2.24, 2.45) is 5.73 Å². The Kier molecular flexibility index (Phi) is 4.78. The van der Waals surface area contributed by atoms with Crippen LogP contribution in [0.25, 0.3) is 11.1 Å². The fourth-order valence-electron chi connectivity index (χ4n) is 2.89. The number of hydrogen-bond donors (Lipinski definition) is 2. The summed E-state index contributed by atoms with van der Waals surface area (Å²) in [6.07, 6.45) is 0.201. The first-order valence-corrected chi connectivity index (χ1v) is 7.98. The second-order valence-corrected chi connectivity index (χ2v) is 6.43. The summed E-state index contributed by atoms with van der Waals surface area (Å²) in [5, 5.41) is 9.42. The van der Waals surface area contributed by atoms with E-state index < -0.39 is 17.8 Å². The predicted molar refractivity (Wildman–Crippen MR) is 89.7 cm³/mol. The highest BCUT2D eigenvalue weighted by Gasteiger charge is 2.24. The lowest BCUT2D eigenvalue weighted by Gasteiger charge is -2.15. The van der Waals surface area contributed by atoms with Gasteiger partial charge in [0, 0.05) is 5.56 Å². The molecule has 1 aliphatic heterocycles. The van der Waals surface area contributed by atoms with Gasteiger partial charge in [-0.2, -0.15) is 0 Å². The van der Waals surface area contributed by atoms with Crippen LogP contribution in [0, 0.1) is 5.82 Å². The number of carboxylic acids is 1. The molecule has 3 N–H and O–H groups in total. The van der Waals surface area contributed by atoms with E-state index in [-0.39, 0.29) is 16.5 Å². The Morgan fingerprint density at radius 1 is 1.25 bits per heavy atom. The van der Waals surface area contributed by atoms with Gasteiger partial charge in [0.25, 0.3) is 0 Å². The number of fused-ring (bicyclic) bond motifs is 1. The lowest BCUT2D eigenvalue weighted by atomic mass is 9.91. The Morgan fingerprint density at radius 3 is 2.50 bits per heavy atom. The van der Waals surface area contributed by atoms with Gasteiger partial charge in [-0.1, -0.05) is 35.3 Å². The van der Waals surface area contributed by atoms with Crippen molar-refractivity contribution < 1.29 is 19.0 Å². The van der Waals surface area contributed by atoms with Gasteiger partial charge in [0.15, 0.2) is 0 Å². The van der Waals surface area contributed by atoms with Gasteiger partial charge in [-0.05, 0) is 40.8 Å². The van der Waals surface area contributed by atoms with Gasteiger partial charge in [-0.25, -0.2) is 4.39 Å². The van der Waals surface area contributed by atoms with Gasteiger partial charge in [0.05, 0.1) is 23.3 Å². The standard InChI is InChI=1S/C17H14Cl2FNO3/c18-13-4-9(20)5-14(19)16(13)10-2-1-8(3-15(21)17(22)23)11-6-24-7-12(10)11/h1-2,4-5,15H,3,6-7,21H2,(H,22,23)/t15-/m0/s1. The fourth-order valence-corrected chi connectivity index (χ4v) is 3.55. The number of rotatable bonds is 4. The topological polar surface area (TPSA) is 72.5 Å². The minimum atomic E-state index is -1.06. The van der Waals surface area contributed by atoms with Gasteiger partial charge in [0.1, 0.15) is 11.9 Å². The number of ether oxygens (including phenoxy) is 1. The predicted octanol–water partition coefficient (Wildman–Crippen LogP) is 3.78. The van der Waals surface area contributed by atoms with E-state index in [0.29, 0.717) is 18.8 Å². The highest BCUT2D eigenvalue weighted by molar-refractivity contribution is 6.39. The van der Waals surface area contributed by atoms with Gasteiger partial charge in [-0.15, -0.1) is 0 Å². The molecule has 0 saturated heterocycles. The van der Waals surface area contributed by atoms with Crippen LogP contribution in [0.3, 0.4) is 0 Å². The Labute approximate surface area is 147 Å². The van der Waals surface area contributed by atoms with Gasteiger partial charge < -0.3 is 15.6 Å². The fraction of sp³-hybridized carbons (Fsp3) is 0.235. The summed E-state index contributed by atoms with van der Waals surface area (Å²) in [4.78, 5) is 11.0. The van der Waals surface area contributed by atoms with Crippen LogP contribution in [0.1, 0.15) is 16.7 Å². The van der Waals surface area contributed by atoms with Crippen molar-refractivity contribution in [3.63, 3.8) is 0 Å². The van der Waals surface area contributed by atoms with E-state index in [9.17, 15) is 9.18 Å². The Hall–Kier alpha value is -1.66. The lowest BCUT2D eigenvalue weighted by molar-refractivity contribution is -0.138. The van der Waals surface area contributed by atoms with Crippen LogP contribution in [0.4, 0.5) is 4.39 Å². The molecule has 0 unspecified atom stereocenters. The van der Waals surface area contributed by atoms with Crippen LogP contribution in [0.15, 0.2) is 24.3 Å². The van der Waals surface area contributed by atoms with E-state index in [1.54, 1.807) is 12.1 Å². The Balaban J connectivity index is 2.10. The first-order chi connectivity index (χ1) is 11.4. The van der Waals surface area contributed by atoms with Crippen LogP contribution >= 0.6 is 23.2 Å². The SMILES string of the molecule is N[C@@H](Cc1ccc(-c2c(Cl)cc(F)cc2Cl)c2c1COC2)C(=O)O. The molecule has 0 fully saturated rings. The summed E-state index contributed by atoms with van der Waals surface area (Å²) in [6.45, 7) is 0.714. The quantitative estimate of drug-likeness (QED) is 0.859. The number of aliphatic carboxylic acids is 1. The number of benzene rings is 2. The maximum absolute atomic E-state index is 13.4. The molecule has 0 aliphatic carbocycles. The summed E-state index contributed by atoms with van der Waals surface area (Å²) < 4.78 is 18.9. The monoisotopic (exact) mass is 369 g/mol. The maximum Gasteiger partial charge on any atom is 0.320 e. The molecule has 126 valence electrons. The number of carbonyl (C=O) groups is 1. The van der Waals surface area contributed by atoms with E-state index in [1.807, 2.05) is 0 Å². The molecule has 0 aromatic heterocycles. The molecule has 3 rings (SSSR count). The molecule has 2 aromatic carbocycles. The van der Waals surface area contributed by atoms with E-state index in [0.717, 1.165) is 22.3 Å². The number of halogens is 3. The lowest BCUT2D eigenvalue weighted by Crippen LogP contribution is -2.32. The zero-order valence-corrected chi connectivity index (χ0v) is 14.0. The first-order valence-electron chi connectivity index (χ1n) is 7.23. The molecule has 1 atom stereocenters. The molecular weight excluding hydrogens is 356 g/mol. The summed E-state index contributed by atoms with van der Waals surface area (Å²) in [5.41, 5.74) is 9.50. The van der Waals surface area contributed by atoms with Crippen molar-refractivity contribution in [1.82, 2.24) is 0 Å². The summed E-state index contributed by atoms with van der Waals surface area (Å²) in [6, 6.07) is 5.02. The van der Waals surface area contributed by atoms with Crippen molar-refractivity contribution in [1.29, 1.82) is 0 Å². The summed E-state index contributed by atoms with van der Waals surface area (Å²) in [7, 11) is 0. The number of nitrogens with two attached hydrogens (primary N) is 1. The van der Waals surface area contributed by atoms with Crippen LogP contribution in [-0.2, 0) is 29.2 Å². The van der Waals surface area contributed by atoms with Crippen LogP contribution in [-0.4, -0.2) is 17.1 Å². The highest BCUT2D eigenvalue weighted by atomic mass is 35.5. The molecular formula is C17H14Cl2FNO3. The molecule has 1 heterocycles. The molecule has 0 bridgehead atoms. The third kappa shape index (κ3) is 3.13. The number of carboxylic acid groups (broad SMARTS) is 1. The van der Waals surface area contributed by atoms with Gasteiger partial charge in [-0.3, -0.25) is 4.79 Å². The van der Waals surface area contributed by atoms with Crippen LogP contribution in [0.2, 0.25) is 10.0 Å². The van der Waals surface area contributed by atoms with Gasteiger partial charge >= 0.3 is 5.97 Å². The smallest absolute Gasteiger partial charge is 0.320 e. The zero-order valence-electron chi connectivity index (χ0n) is 12.5. The van der Waals surface area contributed by atoms with E-state index in [2.05, 4.69) is 0 Å². The normalized spacial score (nSPS) is 14.5. The minimum absolute atomic E-state index is 0.201. The Morgan fingerprint density at radius 2 is 1.88 bits per heavy atom. The second-order valence-electron chi connectivity index (χ2n) is 5.62. The van der Waals surface area contributed by atoms with Crippen molar-refractivity contribution in [3.05, 3.63) is 56.8 Å². The summed E-state index contributed by atoms with van der Waals surface area (Å²) in [5.74, 6) is -1.57. The molecule has 0 saturated carbocycles. The van der Waals surface area contributed by atoms with Crippen molar-refractivity contribution in [3.8, 4) is 11.1 Å². The van der Waals surface area contributed by atoms with Crippen LogP contribution in [0.5, 0.6) is 0 Å². The molecule has 4 nitrogen and oxygen atoms in total. The van der Waals surface area contributed by atoms with E-state index in [1.165, 1.54) is 12.1 Å². The largest absolute Gasteiger partial charge is 0.480 e. The molecule has 2 aromatic rings. The molecule has 7 heteroatoms. The Bertz CT molecular complexity index is 803. The highest BCUT2D eigenvalue weighted by Crippen LogP contribution is 2.41. The molecule has 0 amide bonds. The molecule has 0 radical (unpaired) electrons. The maximum atomic E-state index is 13.4. The third-order valence-corrected chi connectivity index (χ3v) is 4.65. The van der Waals surface area contributed by atoms with Gasteiger partial charge in [0.2, 0.25) is 0 Å². The van der Waals surface area contributed by atoms with E-state index in [4.69, 9.17) is 38.8 Å².